The summed E-state index contributed by atoms with van der Waals surface area (Å²) in [6.07, 6.45) is 3.00. The standard InChI is InChI=1S/C14H29N3O/c1-4-17(5-2)10-6-8-16-14(18)13-7-9-15-12(3)11-13/h12-13,15H,4-11H2,1-3H3,(H,16,18). The number of carbonyl (C=O) groups excluding carboxylic acids is 1. The topological polar surface area (TPSA) is 44.4 Å². The van der Waals surface area contributed by atoms with Crippen molar-refractivity contribution in [2.24, 2.45) is 5.92 Å². The molecule has 1 aliphatic rings. The van der Waals surface area contributed by atoms with E-state index in [1.54, 1.807) is 0 Å². The lowest BCUT2D eigenvalue weighted by Crippen LogP contribution is -2.42. The van der Waals surface area contributed by atoms with E-state index in [4.69, 9.17) is 0 Å². The number of nitrogens with zero attached hydrogens (tertiary/aromatic N) is 1. The van der Waals surface area contributed by atoms with Crippen LogP contribution in [0.25, 0.3) is 0 Å². The molecule has 0 saturated carbocycles. The fourth-order valence-electron chi connectivity index (χ4n) is 2.57. The molecule has 2 unspecified atom stereocenters. The Bertz CT molecular complexity index is 241. The summed E-state index contributed by atoms with van der Waals surface area (Å²) in [6, 6.07) is 0.477. The highest BCUT2D eigenvalue weighted by Crippen LogP contribution is 2.15. The van der Waals surface area contributed by atoms with E-state index in [0.29, 0.717) is 6.04 Å². The molecule has 4 heteroatoms. The van der Waals surface area contributed by atoms with Crippen molar-refractivity contribution >= 4 is 5.91 Å². The molecule has 1 heterocycles. The summed E-state index contributed by atoms with van der Waals surface area (Å²) in [5.41, 5.74) is 0. The zero-order chi connectivity index (χ0) is 13.4. The van der Waals surface area contributed by atoms with E-state index in [0.717, 1.165) is 52.0 Å². The average molecular weight is 255 g/mol. The summed E-state index contributed by atoms with van der Waals surface area (Å²) in [7, 11) is 0. The monoisotopic (exact) mass is 255 g/mol. The highest BCUT2D eigenvalue weighted by atomic mass is 16.1. The van der Waals surface area contributed by atoms with Crippen molar-refractivity contribution in [1.29, 1.82) is 0 Å². The molecular formula is C14H29N3O. The molecule has 4 nitrogen and oxygen atoms in total. The fraction of sp³-hybridized carbons (Fsp3) is 0.929. The maximum atomic E-state index is 12.0. The Kier molecular flexibility index (Phi) is 7.28. The Morgan fingerprint density at radius 2 is 2.11 bits per heavy atom. The number of nitrogens with one attached hydrogen (secondary N) is 2. The zero-order valence-corrected chi connectivity index (χ0v) is 12.2. The van der Waals surface area contributed by atoms with E-state index in [9.17, 15) is 4.79 Å². The van der Waals surface area contributed by atoms with Gasteiger partial charge in [-0.25, -0.2) is 0 Å². The van der Waals surface area contributed by atoms with Gasteiger partial charge in [0.05, 0.1) is 0 Å². The van der Waals surface area contributed by atoms with E-state index in [1.165, 1.54) is 0 Å². The van der Waals surface area contributed by atoms with E-state index in [1.807, 2.05) is 0 Å². The van der Waals surface area contributed by atoms with Crippen LogP contribution in [0.3, 0.4) is 0 Å². The van der Waals surface area contributed by atoms with Crippen molar-refractivity contribution in [2.75, 3.05) is 32.7 Å². The molecule has 0 bridgehead atoms. The van der Waals surface area contributed by atoms with Gasteiger partial charge in [0.15, 0.2) is 0 Å². The van der Waals surface area contributed by atoms with Crippen molar-refractivity contribution in [1.82, 2.24) is 15.5 Å². The van der Waals surface area contributed by atoms with Crippen LogP contribution in [0.5, 0.6) is 0 Å². The van der Waals surface area contributed by atoms with E-state index < -0.39 is 0 Å². The second-order valence-electron chi connectivity index (χ2n) is 5.25. The molecule has 0 spiro atoms. The predicted molar refractivity (Wildman–Crippen MR) is 75.6 cm³/mol. The summed E-state index contributed by atoms with van der Waals surface area (Å²) in [5, 5.41) is 6.46. The van der Waals surface area contributed by atoms with Gasteiger partial charge in [-0.05, 0) is 52.4 Å². The third kappa shape index (κ3) is 5.36. The van der Waals surface area contributed by atoms with Gasteiger partial charge in [0.1, 0.15) is 0 Å². The summed E-state index contributed by atoms with van der Waals surface area (Å²) >= 11 is 0. The minimum absolute atomic E-state index is 0.217. The van der Waals surface area contributed by atoms with Crippen LogP contribution in [0.15, 0.2) is 0 Å². The average Bonchev–Trinajstić information content (AvgIpc) is 2.38. The van der Waals surface area contributed by atoms with Gasteiger partial charge in [0.25, 0.3) is 0 Å². The molecule has 0 aromatic rings. The second kappa shape index (κ2) is 8.48. The first-order chi connectivity index (χ1) is 8.67. The number of hydrogen-bond acceptors (Lipinski definition) is 3. The number of hydrogen-bond donors (Lipinski definition) is 2. The molecule has 1 rings (SSSR count). The van der Waals surface area contributed by atoms with Crippen LogP contribution in [0.1, 0.15) is 40.0 Å². The summed E-state index contributed by atoms with van der Waals surface area (Å²) in [5.74, 6) is 0.470. The van der Waals surface area contributed by atoms with Crippen LogP contribution >= 0.6 is 0 Å². The Hall–Kier alpha value is -0.610. The van der Waals surface area contributed by atoms with Crippen LogP contribution in [-0.4, -0.2) is 49.6 Å². The van der Waals surface area contributed by atoms with Crippen LogP contribution in [0.4, 0.5) is 0 Å². The van der Waals surface area contributed by atoms with Gasteiger partial charge >= 0.3 is 0 Å². The van der Waals surface area contributed by atoms with Crippen molar-refractivity contribution in [3.8, 4) is 0 Å². The molecule has 106 valence electrons. The first-order valence-corrected chi connectivity index (χ1v) is 7.40. The first-order valence-electron chi connectivity index (χ1n) is 7.40. The Morgan fingerprint density at radius 1 is 1.39 bits per heavy atom. The highest BCUT2D eigenvalue weighted by molar-refractivity contribution is 5.78. The predicted octanol–water partition coefficient (Wildman–Crippen LogP) is 1.22. The largest absolute Gasteiger partial charge is 0.356 e. The van der Waals surface area contributed by atoms with E-state index in [-0.39, 0.29) is 11.8 Å². The molecule has 0 aliphatic carbocycles. The van der Waals surface area contributed by atoms with Crippen molar-refractivity contribution in [3.63, 3.8) is 0 Å². The molecule has 0 aromatic carbocycles. The molecule has 1 fully saturated rings. The summed E-state index contributed by atoms with van der Waals surface area (Å²) in [6.45, 7) is 11.6. The lowest BCUT2D eigenvalue weighted by molar-refractivity contribution is -0.126. The number of amides is 1. The molecule has 2 atom stereocenters. The minimum atomic E-state index is 0.217. The highest BCUT2D eigenvalue weighted by Gasteiger charge is 2.24. The maximum Gasteiger partial charge on any atom is 0.223 e. The number of carbonyl (C=O) groups is 1. The maximum absolute atomic E-state index is 12.0. The Balaban J connectivity index is 2.13. The molecule has 0 radical (unpaired) electrons. The van der Waals surface area contributed by atoms with E-state index >= 15 is 0 Å². The van der Waals surface area contributed by atoms with Crippen LogP contribution < -0.4 is 10.6 Å². The van der Waals surface area contributed by atoms with Gasteiger partial charge in [0.2, 0.25) is 5.91 Å². The van der Waals surface area contributed by atoms with Gasteiger partial charge in [0, 0.05) is 18.5 Å². The molecule has 1 aliphatic heterocycles. The molecule has 0 aromatic heterocycles. The van der Waals surface area contributed by atoms with Crippen molar-refractivity contribution in [3.05, 3.63) is 0 Å². The van der Waals surface area contributed by atoms with Gasteiger partial charge in [-0.3, -0.25) is 4.79 Å². The number of rotatable bonds is 7. The van der Waals surface area contributed by atoms with Crippen molar-refractivity contribution < 1.29 is 4.79 Å². The quantitative estimate of drug-likeness (QED) is 0.672. The van der Waals surface area contributed by atoms with Crippen LogP contribution in [0, 0.1) is 5.92 Å². The third-order valence-corrected chi connectivity index (χ3v) is 3.84. The fourth-order valence-corrected chi connectivity index (χ4v) is 2.57. The zero-order valence-electron chi connectivity index (χ0n) is 12.2. The van der Waals surface area contributed by atoms with Gasteiger partial charge in [-0.2, -0.15) is 0 Å². The smallest absolute Gasteiger partial charge is 0.223 e. The summed E-state index contributed by atoms with van der Waals surface area (Å²) in [4.78, 5) is 14.4. The van der Waals surface area contributed by atoms with Crippen molar-refractivity contribution in [2.45, 2.75) is 46.1 Å². The Morgan fingerprint density at radius 3 is 2.72 bits per heavy atom. The molecule has 18 heavy (non-hydrogen) atoms. The lowest BCUT2D eigenvalue weighted by atomic mass is 9.92. The van der Waals surface area contributed by atoms with E-state index in [2.05, 4.69) is 36.3 Å². The molecular weight excluding hydrogens is 226 g/mol. The second-order valence-corrected chi connectivity index (χ2v) is 5.25. The summed E-state index contributed by atoms with van der Waals surface area (Å²) < 4.78 is 0. The minimum Gasteiger partial charge on any atom is -0.356 e. The lowest BCUT2D eigenvalue weighted by Gasteiger charge is -2.27. The van der Waals surface area contributed by atoms with Crippen LogP contribution in [0.2, 0.25) is 0 Å². The first kappa shape index (κ1) is 15.4. The molecule has 1 amide bonds. The Labute approximate surface area is 111 Å². The van der Waals surface area contributed by atoms with Gasteiger partial charge in [-0.1, -0.05) is 13.8 Å². The molecule has 1 saturated heterocycles. The van der Waals surface area contributed by atoms with Crippen LogP contribution in [-0.2, 0) is 4.79 Å². The molecule has 2 N–H and O–H groups in total. The van der Waals surface area contributed by atoms with Gasteiger partial charge < -0.3 is 15.5 Å². The SMILES string of the molecule is CCN(CC)CCCNC(=O)C1CCNC(C)C1. The normalized spacial score (nSPS) is 24.2. The van der Waals surface area contributed by atoms with Gasteiger partial charge in [-0.15, -0.1) is 0 Å². The third-order valence-electron chi connectivity index (χ3n) is 3.84. The number of piperidine rings is 1.